The number of hydrogen-bond acceptors (Lipinski definition) is 3. The molecule has 0 aliphatic rings. The van der Waals surface area contributed by atoms with Gasteiger partial charge in [-0.2, -0.15) is 10.4 Å². The Labute approximate surface area is 82.9 Å². The van der Waals surface area contributed by atoms with E-state index in [1.807, 2.05) is 18.3 Å². The lowest BCUT2D eigenvalue weighted by Crippen LogP contribution is -1.99. The zero-order chi connectivity index (χ0) is 9.26. The highest BCUT2D eigenvalue weighted by molar-refractivity contribution is 9.10. The van der Waals surface area contributed by atoms with Gasteiger partial charge in [-0.25, -0.2) is 9.50 Å². The van der Waals surface area contributed by atoms with E-state index in [4.69, 9.17) is 5.26 Å². The van der Waals surface area contributed by atoms with Gasteiger partial charge in [0, 0.05) is 10.7 Å². The summed E-state index contributed by atoms with van der Waals surface area (Å²) in [6, 6.07) is 3.89. The first-order valence-corrected chi connectivity index (χ1v) is 4.46. The highest BCUT2D eigenvalue weighted by atomic mass is 79.9. The predicted octanol–water partition coefficient (Wildman–Crippen LogP) is 1.56. The molecule has 2 aromatic heterocycles. The molecular weight excluding hydrogens is 232 g/mol. The maximum Gasteiger partial charge on any atom is 0.163 e. The highest BCUT2D eigenvalue weighted by Gasteiger charge is 2.01. The normalized spacial score (nSPS) is 10.2. The van der Waals surface area contributed by atoms with Crippen molar-refractivity contribution in [3.05, 3.63) is 28.8 Å². The molecule has 13 heavy (non-hydrogen) atoms. The van der Waals surface area contributed by atoms with Gasteiger partial charge in [-0.1, -0.05) is 0 Å². The molecule has 0 aliphatic heterocycles. The summed E-state index contributed by atoms with van der Waals surface area (Å²) in [4.78, 5) is 4.05. The van der Waals surface area contributed by atoms with Gasteiger partial charge in [-0.3, -0.25) is 0 Å². The van der Waals surface area contributed by atoms with Crippen molar-refractivity contribution in [2.24, 2.45) is 0 Å². The Kier molecular flexibility index (Phi) is 1.99. The van der Waals surface area contributed by atoms with Crippen LogP contribution in [0.15, 0.2) is 22.9 Å². The van der Waals surface area contributed by atoms with E-state index in [9.17, 15) is 0 Å². The maximum absolute atomic E-state index is 8.45. The summed E-state index contributed by atoms with van der Waals surface area (Å²) < 4.78 is 2.65. The van der Waals surface area contributed by atoms with E-state index in [2.05, 4.69) is 26.0 Å². The Hall–Kier alpha value is -1.41. The van der Waals surface area contributed by atoms with Crippen molar-refractivity contribution >= 4 is 21.4 Å². The maximum atomic E-state index is 8.45. The fraction of sp³-hybridized carbons (Fsp3) is 0.125. The molecule has 0 unspecified atom stereocenters. The minimum atomic E-state index is 0.242. The molecule has 0 amide bonds. The van der Waals surface area contributed by atoms with E-state index in [1.165, 1.54) is 0 Å². The van der Waals surface area contributed by atoms with Crippen LogP contribution in [0, 0.1) is 11.3 Å². The SMILES string of the molecule is N#CCc1ncc2c(Br)ccn2n1. The molecule has 0 saturated carbocycles. The third-order valence-corrected chi connectivity index (χ3v) is 2.32. The van der Waals surface area contributed by atoms with Crippen molar-refractivity contribution in [2.45, 2.75) is 6.42 Å². The van der Waals surface area contributed by atoms with Crippen LogP contribution in [-0.2, 0) is 6.42 Å². The minimum absolute atomic E-state index is 0.242. The van der Waals surface area contributed by atoms with E-state index >= 15 is 0 Å². The monoisotopic (exact) mass is 236 g/mol. The van der Waals surface area contributed by atoms with Gasteiger partial charge in [0.2, 0.25) is 0 Å². The summed E-state index contributed by atoms with van der Waals surface area (Å²) in [5.41, 5.74) is 0.904. The van der Waals surface area contributed by atoms with Gasteiger partial charge in [-0.15, -0.1) is 0 Å². The first kappa shape index (κ1) is 8.20. The van der Waals surface area contributed by atoms with Gasteiger partial charge in [0.15, 0.2) is 5.82 Å². The summed E-state index contributed by atoms with van der Waals surface area (Å²) in [6.45, 7) is 0. The molecule has 2 rings (SSSR count). The topological polar surface area (TPSA) is 54.0 Å². The van der Waals surface area contributed by atoms with Gasteiger partial charge >= 0.3 is 0 Å². The van der Waals surface area contributed by atoms with E-state index in [0.717, 1.165) is 9.99 Å². The molecule has 4 nitrogen and oxygen atoms in total. The molecule has 2 aromatic rings. The molecule has 0 atom stereocenters. The molecule has 64 valence electrons. The van der Waals surface area contributed by atoms with Crippen LogP contribution < -0.4 is 0 Å². The largest absolute Gasteiger partial charge is 0.236 e. The highest BCUT2D eigenvalue weighted by Crippen LogP contribution is 2.16. The molecule has 0 radical (unpaired) electrons. The average molecular weight is 237 g/mol. The van der Waals surface area contributed by atoms with Gasteiger partial charge in [0.25, 0.3) is 0 Å². The smallest absolute Gasteiger partial charge is 0.163 e. The lowest BCUT2D eigenvalue weighted by atomic mass is 10.4. The second-order valence-electron chi connectivity index (χ2n) is 2.50. The lowest BCUT2D eigenvalue weighted by molar-refractivity contribution is 0.834. The summed E-state index contributed by atoms with van der Waals surface area (Å²) in [5, 5.41) is 12.6. The van der Waals surface area contributed by atoms with Gasteiger partial charge in [0.05, 0.1) is 24.2 Å². The average Bonchev–Trinajstić information content (AvgIpc) is 2.48. The van der Waals surface area contributed by atoms with Crippen molar-refractivity contribution in [1.82, 2.24) is 14.6 Å². The molecule has 5 heteroatoms. The molecule has 0 saturated heterocycles. The van der Waals surface area contributed by atoms with E-state index in [-0.39, 0.29) is 6.42 Å². The first-order chi connectivity index (χ1) is 6.31. The summed E-state index contributed by atoms with van der Waals surface area (Å²) >= 11 is 3.36. The third-order valence-electron chi connectivity index (χ3n) is 1.65. The minimum Gasteiger partial charge on any atom is -0.236 e. The van der Waals surface area contributed by atoms with Crippen LogP contribution in [0.4, 0.5) is 0 Å². The van der Waals surface area contributed by atoms with Crippen LogP contribution in [0.2, 0.25) is 0 Å². The van der Waals surface area contributed by atoms with E-state index < -0.39 is 0 Å². The van der Waals surface area contributed by atoms with Crippen LogP contribution >= 0.6 is 15.9 Å². The van der Waals surface area contributed by atoms with Crippen molar-refractivity contribution in [3.8, 4) is 6.07 Å². The van der Waals surface area contributed by atoms with Crippen molar-refractivity contribution in [1.29, 1.82) is 5.26 Å². The van der Waals surface area contributed by atoms with Crippen LogP contribution in [0.3, 0.4) is 0 Å². The number of nitriles is 1. The first-order valence-electron chi connectivity index (χ1n) is 3.67. The number of halogens is 1. The Morgan fingerprint density at radius 2 is 2.46 bits per heavy atom. The zero-order valence-corrected chi connectivity index (χ0v) is 8.19. The molecule has 0 aromatic carbocycles. The zero-order valence-electron chi connectivity index (χ0n) is 6.61. The van der Waals surface area contributed by atoms with Gasteiger partial charge in [-0.05, 0) is 22.0 Å². The Morgan fingerprint density at radius 3 is 3.23 bits per heavy atom. The number of aromatic nitrogens is 3. The Bertz CT molecular complexity index is 482. The fourth-order valence-electron chi connectivity index (χ4n) is 1.06. The van der Waals surface area contributed by atoms with Crippen molar-refractivity contribution in [3.63, 3.8) is 0 Å². The molecule has 0 fully saturated rings. The Balaban J connectivity index is 2.58. The summed E-state index contributed by atoms with van der Waals surface area (Å²) in [7, 11) is 0. The van der Waals surface area contributed by atoms with Crippen LogP contribution in [0.5, 0.6) is 0 Å². The molecule has 0 spiro atoms. The number of hydrogen-bond donors (Lipinski definition) is 0. The number of fused-ring (bicyclic) bond motifs is 1. The number of rotatable bonds is 1. The fourth-order valence-corrected chi connectivity index (χ4v) is 1.46. The van der Waals surface area contributed by atoms with Gasteiger partial charge in [0.1, 0.15) is 0 Å². The van der Waals surface area contributed by atoms with Crippen LogP contribution in [0.1, 0.15) is 5.82 Å². The quantitative estimate of drug-likeness (QED) is 0.756. The second-order valence-corrected chi connectivity index (χ2v) is 3.36. The molecule has 0 N–H and O–H groups in total. The molecule has 2 heterocycles. The molecule has 0 aliphatic carbocycles. The predicted molar refractivity (Wildman–Crippen MR) is 50.0 cm³/mol. The lowest BCUT2D eigenvalue weighted by Gasteiger charge is -1.95. The summed E-state index contributed by atoms with van der Waals surface area (Å²) in [5.74, 6) is 0.540. The molecular formula is C8H5BrN4. The second kappa shape index (κ2) is 3.15. The third kappa shape index (κ3) is 1.40. The van der Waals surface area contributed by atoms with Crippen molar-refractivity contribution < 1.29 is 0 Å². The molecule has 0 bridgehead atoms. The summed E-state index contributed by atoms with van der Waals surface area (Å²) in [6.07, 6.45) is 3.76. The Morgan fingerprint density at radius 1 is 1.62 bits per heavy atom. The van der Waals surface area contributed by atoms with Gasteiger partial charge < -0.3 is 0 Å². The van der Waals surface area contributed by atoms with Crippen LogP contribution in [-0.4, -0.2) is 14.6 Å². The standard InChI is InChI=1S/C8H5BrN4/c9-6-2-4-13-7(6)5-11-8(12-13)1-3-10/h2,4-5H,1H2. The van der Waals surface area contributed by atoms with E-state index in [1.54, 1.807) is 10.7 Å². The van der Waals surface area contributed by atoms with Crippen LogP contribution in [0.25, 0.3) is 5.52 Å². The number of nitrogens with zero attached hydrogens (tertiary/aromatic N) is 4. The van der Waals surface area contributed by atoms with E-state index in [0.29, 0.717) is 5.82 Å². The van der Waals surface area contributed by atoms with Crippen molar-refractivity contribution in [2.75, 3.05) is 0 Å².